The topological polar surface area (TPSA) is 44.8 Å². The maximum Gasteiger partial charge on any atom is 0.530 e. The summed E-state index contributed by atoms with van der Waals surface area (Å²) in [5.74, 6) is 1.30. The van der Waals surface area contributed by atoms with Gasteiger partial charge in [0.05, 0.1) is 13.2 Å². The molecule has 0 aliphatic carbocycles. The average Bonchev–Trinajstić information content (AvgIpc) is 2.89. The van der Waals surface area contributed by atoms with Gasteiger partial charge in [0.25, 0.3) is 0 Å². The number of phosphoric ester groups is 1. The smallest absolute Gasteiger partial charge is 0.404 e. The van der Waals surface area contributed by atoms with Crippen LogP contribution in [0.1, 0.15) is 136 Å². The van der Waals surface area contributed by atoms with E-state index < -0.39 is 7.82 Å². The predicted octanol–water partition coefficient (Wildman–Crippen LogP) is 10.9. The standard InChI is InChI=1S/C31H57O4P/c1-6-11-14-15-16-17-18-21-30-22-24-31(25-23-30)35-36(32,33-26-28(9-4)19-12-7-2)34-27-29(10-5)20-13-8-3/h22-25,28-29H,6-21,26-27H2,1-5H3. The van der Waals surface area contributed by atoms with Crippen molar-refractivity contribution in [2.45, 2.75) is 137 Å². The Labute approximate surface area is 223 Å². The lowest BCUT2D eigenvalue weighted by molar-refractivity contribution is 0.115. The van der Waals surface area contributed by atoms with Crippen molar-refractivity contribution in [1.29, 1.82) is 0 Å². The highest BCUT2D eigenvalue weighted by molar-refractivity contribution is 7.48. The minimum atomic E-state index is -3.69. The van der Waals surface area contributed by atoms with Crippen LogP contribution in [0.2, 0.25) is 0 Å². The van der Waals surface area contributed by atoms with E-state index >= 15 is 0 Å². The molecule has 5 heteroatoms. The van der Waals surface area contributed by atoms with Crippen molar-refractivity contribution < 1.29 is 18.1 Å². The van der Waals surface area contributed by atoms with E-state index in [-0.39, 0.29) is 0 Å². The Morgan fingerprint density at radius 3 is 1.58 bits per heavy atom. The summed E-state index contributed by atoms with van der Waals surface area (Å²) >= 11 is 0. The normalized spacial score (nSPS) is 14.9. The van der Waals surface area contributed by atoms with Crippen molar-refractivity contribution in [2.75, 3.05) is 13.2 Å². The Morgan fingerprint density at radius 2 is 1.11 bits per heavy atom. The SMILES string of the molecule is CCCCCCCCCc1ccc(OP(=O)(OCC(CC)CCCC)OCC(CC)CCCC)cc1. The van der Waals surface area contributed by atoms with Gasteiger partial charge in [-0.25, -0.2) is 4.57 Å². The van der Waals surface area contributed by atoms with Crippen LogP contribution < -0.4 is 4.52 Å². The summed E-state index contributed by atoms with van der Waals surface area (Å²) < 4.78 is 31.5. The van der Waals surface area contributed by atoms with E-state index in [1.54, 1.807) is 0 Å². The van der Waals surface area contributed by atoms with E-state index in [0.717, 1.165) is 57.8 Å². The largest absolute Gasteiger partial charge is 0.530 e. The molecule has 2 unspecified atom stereocenters. The third kappa shape index (κ3) is 15.4. The van der Waals surface area contributed by atoms with Crippen LogP contribution in [0.5, 0.6) is 5.75 Å². The van der Waals surface area contributed by atoms with E-state index in [9.17, 15) is 4.57 Å². The number of unbranched alkanes of at least 4 members (excludes halogenated alkanes) is 8. The van der Waals surface area contributed by atoms with Crippen LogP contribution in [-0.2, 0) is 20.0 Å². The van der Waals surface area contributed by atoms with Gasteiger partial charge in [-0.05, 0) is 55.2 Å². The zero-order valence-corrected chi connectivity index (χ0v) is 25.2. The molecule has 0 amide bonds. The van der Waals surface area contributed by atoms with E-state index in [4.69, 9.17) is 13.6 Å². The molecule has 1 aromatic carbocycles. The molecule has 2 atom stereocenters. The minimum absolute atomic E-state index is 0.372. The maximum absolute atomic E-state index is 13.7. The lowest BCUT2D eigenvalue weighted by atomic mass is 10.0. The first-order chi connectivity index (χ1) is 17.5. The summed E-state index contributed by atoms with van der Waals surface area (Å²) in [6, 6.07) is 8.00. The second-order valence-corrected chi connectivity index (χ2v) is 12.1. The van der Waals surface area contributed by atoms with Crippen LogP contribution in [0.25, 0.3) is 0 Å². The average molecular weight is 525 g/mol. The van der Waals surface area contributed by atoms with Crippen LogP contribution in [0.3, 0.4) is 0 Å². The molecule has 4 nitrogen and oxygen atoms in total. The first-order valence-electron chi connectivity index (χ1n) is 15.2. The van der Waals surface area contributed by atoms with Crippen molar-refractivity contribution in [3.8, 4) is 5.75 Å². The highest BCUT2D eigenvalue weighted by Crippen LogP contribution is 2.50. The summed E-state index contributed by atoms with van der Waals surface area (Å²) in [5, 5.41) is 0. The van der Waals surface area contributed by atoms with E-state index in [0.29, 0.717) is 30.8 Å². The Hall–Kier alpha value is -0.830. The molecule has 0 heterocycles. The van der Waals surface area contributed by atoms with Gasteiger partial charge in [-0.15, -0.1) is 0 Å². The molecule has 0 saturated heterocycles. The van der Waals surface area contributed by atoms with Crippen LogP contribution in [0.4, 0.5) is 0 Å². The van der Waals surface area contributed by atoms with E-state index in [2.05, 4.69) is 46.8 Å². The summed E-state index contributed by atoms with van der Waals surface area (Å²) in [6.45, 7) is 11.8. The molecule has 1 aromatic rings. The molecule has 0 N–H and O–H groups in total. The second-order valence-electron chi connectivity index (χ2n) is 10.5. The molecule has 0 bridgehead atoms. The fourth-order valence-corrected chi connectivity index (χ4v) is 5.76. The molecule has 0 fully saturated rings. The van der Waals surface area contributed by atoms with Gasteiger partial charge < -0.3 is 4.52 Å². The first-order valence-corrected chi connectivity index (χ1v) is 16.6. The van der Waals surface area contributed by atoms with Crippen LogP contribution in [-0.4, -0.2) is 13.2 Å². The van der Waals surface area contributed by atoms with Gasteiger partial charge in [0.15, 0.2) is 0 Å². The molecular weight excluding hydrogens is 467 g/mol. The summed E-state index contributed by atoms with van der Waals surface area (Å²) in [7, 11) is -3.69. The Morgan fingerprint density at radius 1 is 0.639 bits per heavy atom. The zero-order valence-electron chi connectivity index (χ0n) is 24.3. The van der Waals surface area contributed by atoms with Crippen molar-refractivity contribution in [3.05, 3.63) is 29.8 Å². The number of hydrogen-bond acceptors (Lipinski definition) is 4. The van der Waals surface area contributed by atoms with Crippen molar-refractivity contribution in [3.63, 3.8) is 0 Å². The van der Waals surface area contributed by atoms with Gasteiger partial charge in [0.1, 0.15) is 5.75 Å². The summed E-state index contributed by atoms with van der Waals surface area (Å²) in [6.07, 6.45) is 19.0. The Bertz CT molecular complexity index is 652. The Balaban J connectivity index is 2.70. The van der Waals surface area contributed by atoms with E-state index in [1.807, 2.05) is 12.1 Å². The summed E-state index contributed by atoms with van der Waals surface area (Å²) in [4.78, 5) is 0. The van der Waals surface area contributed by atoms with Crippen LogP contribution in [0.15, 0.2) is 24.3 Å². The highest BCUT2D eigenvalue weighted by atomic mass is 31.2. The predicted molar refractivity (Wildman–Crippen MR) is 155 cm³/mol. The van der Waals surface area contributed by atoms with Crippen LogP contribution >= 0.6 is 7.82 Å². The second kappa shape index (κ2) is 21.1. The molecule has 210 valence electrons. The molecular formula is C31H57O4P. The third-order valence-electron chi connectivity index (χ3n) is 7.23. The van der Waals surface area contributed by atoms with Gasteiger partial charge in [-0.2, -0.15) is 0 Å². The molecule has 36 heavy (non-hydrogen) atoms. The summed E-state index contributed by atoms with van der Waals surface area (Å²) in [5.41, 5.74) is 1.30. The number of hydrogen-bond donors (Lipinski definition) is 0. The third-order valence-corrected chi connectivity index (χ3v) is 8.60. The lowest BCUT2D eigenvalue weighted by Crippen LogP contribution is -2.14. The van der Waals surface area contributed by atoms with Crippen LogP contribution in [0, 0.1) is 11.8 Å². The van der Waals surface area contributed by atoms with Gasteiger partial charge in [-0.1, -0.05) is 124 Å². The molecule has 0 saturated carbocycles. The van der Waals surface area contributed by atoms with Gasteiger partial charge in [0.2, 0.25) is 0 Å². The number of benzene rings is 1. The molecule has 0 aromatic heterocycles. The van der Waals surface area contributed by atoms with Crippen molar-refractivity contribution in [1.82, 2.24) is 0 Å². The maximum atomic E-state index is 13.7. The molecule has 1 rings (SSSR count). The van der Waals surface area contributed by atoms with Gasteiger partial charge >= 0.3 is 7.82 Å². The highest BCUT2D eigenvalue weighted by Gasteiger charge is 2.31. The monoisotopic (exact) mass is 524 g/mol. The van der Waals surface area contributed by atoms with Crippen molar-refractivity contribution >= 4 is 7.82 Å². The fraction of sp³-hybridized carbons (Fsp3) is 0.806. The van der Waals surface area contributed by atoms with Gasteiger partial charge in [0, 0.05) is 0 Å². The quantitative estimate of drug-likeness (QED) is 0.0996. The zero-order chi connectivity index (χ0) is 26.5. The number of phosphoric acid groups is 1. The van der Waals surface area contributed by atoms with E-state index in [1.165, 1.54) is 50.5 Å². The molecule has 0 radical (unpaired) electrons. The molecule has 0 aliphatic rings. The number of aryl methyl sites for hydroxylation is 1. The Kier molecular flexibility index (Phi) is 19.5. The van der Waals surface area contributed by atoms with Crippen molar-refractivity contribution in [2.24, 2.45) is 11.8 Å². The number of rotatable bonds is 24. The van der Waals surface area contributed by atoms with Gasteiger partial charge in [-0.3, -0.25) is 9.05 Å². The first kappa shape index (κ1) is 33.2. The molecule has 0 spiro atoms. The minimum Gasteiger partial charge on any atom is -0.404 e. The molecule has 0 aliphatic heterocycles. The lowest BCUT2D eigenvalue weighted by Gasteiger charge is -2.23. The fourth-order valence-electron chi connectivity index (χ4n) is 4.41.